The van der Waals surface area contributed by atoms with E-state index >= 15 is 0 Å². The van der Waals surface area contributed by atoms with E-state index in [0.717, 1.165) is 18.8 Å². The van der Waals surface area contributed by atoms with Gasteiger partial charge in [0.1, 0.15) is 0 Å². The van der Waals surface area contributed by atoms with E-state index in [-0.39, 0.29) is 6.61 Å². The molecule has 0 atom stereocenters. The third-order valence-corrected chi connectivity index (χ3v) is 2.32. The molecule has 0 unspecified atom stereocenters. The molecule has 92 valence electrons. The van der Waals surface area contributed by atoms with Crippen molar-refractivity contribution >= 4 is 0 Å². The van der Waals surface area contributed by atoms with Gasteiger partial charge in [-0.05, 0) is 12.5 Å². The summed E-state index contributed by atoms with van der Waals surface area (Å²) in [6, 6.07) is 0. The Balaban J connectivity index is 2.50. The van der Waals surface area contributed by atoms with Crippen molar-refractivity contribution in [2.24, 2.45) is 5.92 Å². The normalized spacial score (nSPS) is 11.6. The van der Waals surface area contributed by atoms with Crippen LogP contribution in [0.4, 0.5) is 0 Å². The minimum Gasteiger partial charge on any atom is -0.395 e. The molecule has 0 aliphatic heterocycles. The lowest BCUT2D eigenvalue weighted by Gasteiger charge is -2.15. The Morgan fingerprint density at radius 1 is 1.44 bits per heavy atom. The lowest BCUT2D eigenvalue weighted by atomic mass is 10.1. The highest BCUT2D eigenvalue weighted by molar-refractivity contribution is 4.87. The monoisotopic (exact) mass is 227 g/mol. The third-order valence-electron chi connectivity index (χ3n) is 2.32. The van der Waals surface area contributed by atoms with E-state index in [4.69, 9.17) is 9.63 Å². The molecule has 0 saturated carbocycles. The molecule has 16 heavy (non-hydrogen) atoms. The number of likely N-dealkylation sites (N-methyl/N-ethyl adjacent to an activating group) is 1. The van der Waals surface area contributed by atoms with Crippen LogP contribution in [0.25, 0.3) is 0 Å². The summed E-state index contributed by atoms with van der Waals surface area (Å²) in [4.78, 5) is 6.38. The number of aromatic nitrogens is 2. The molecule has 0 saturated heterocycles. The van der Waals surface area contributed by atoms with Crippen LogP contribution in [-0.2, 0) is 13.0 Å². The van der Waals surface area contributed by atoms with Crippen LogP contribution >= 0.6 is 0 Å². The van der Waals surface area contributed by atoms with E-state index in [9.17, 15) is 0 Å². The van der Waals surface area contributed by atoms with Crippen LogP contribution in [-0.4, -0.2) is 39.8 Å². The van der Waals surface area contributed by atoms with E-state index in [2.05, 4.69) is 28.9 Å². The number of aliphatic hydroxyl groups is 1. The quantitative estimate of drug-likeness (QED) is 0.755. The summed E-state index contributed by atoms with van der Waals surface area (Å²) in [7, 11) is 0. The molecule has 5 heteroatoms. The summed E-state index contributed by atoms with van der Waals surface area (Å²) >= 11 is 0. The summed E-state index contributed by atoms with van der Waals surface area (Å²) < 4.78 is 5.16. The van der Waals surface area contributed by atoms with Gasteiger partial charge in [0.05, 0.1) is 13.2 Å². The second-order valence-corrected chi connectivity index (χ2v) is 4.29. The highest BCUT2D eigenvalue weighted by atomic mass is 16.5. The van der Waals surface area contributed by atoms with Crippen LogP contribution in [0.1, 0.15) is 32.5 Å². The molecule has 1 aromatic heterocycles. The van der Waals surface area contributed by atoms with Gasteiger partial charge in [0.2, 0.25) is 5.89 Å². The fourth-order valence-electron chi connectivity index (χ4n) is 1.48. The molecule has 0 aromatic carbocycles. The number of nitrogens with zero attached hydrogens (tertiary/aromatic N) is 3. The first-order chi connectivity index (χ1) is 7.65. The molecule has 0 radical (unpaired) electrons. The fraction of sp³-hybridized carbons (Fsp3) is 0.818. The first-order valence-corrected chi connectivity index (χ1v) is 5.80. The summed E-state index contributed by atoms with van der Waals surface area (Å²) in [6.07, 6.45) is 0.843. The predicted molar refractivity (Wildman–Crippen MR) is 60.9 cm³/mol. The number of rotatable bonds is 7. The summed E-state index contributed by atoms with van der Waals surface area (Å²) in [6.45, 7) is 8.56. The van der Waals surface area contributed by atoms with Crippen molar-refractivity contribution in [3.8, 4) is 0 Å². The number of aliphatic hydroxyl groups excluding tert-OH is 1. The van der Waals surface area contributed by atoms with Gasteiger partial charge in [0, 0.05) is 13.0 Å². The molecule has 1 heterocycles. The molecule has 0 amide bonds. The van der Waals surface area contributed by atoms with Crippen LogP contribution in [0.3, 0.4) is 0 Å². The number of hydrogen-bond donors (Lipinski definition) is 1. The Labute approximate surface area is 96.5 Å². The van der Waals surface area contributed by atoms with Gasteiger partial charge in [0.15, 0.2) is 5.82 Å². The second kappa shape index (κ2) is 6.60. The Morgan fingerprint density at radius 3 is 2.75 bits per heavy atom. The lowest BCUT2D eigenvalue weighted by molar-refractivity contribution is 0.180. The molecular weight excluding hydrogens is 206 g/mol. The van der Waals surface area contributed by atoms with E-state index in [0.29, 0.717) is 24.9 Å². The van der Waals surface area contributed by atoms with E-state index in [1.807, 2.05) is 6.92 Å². The van der Waals surface area contributed by atoms with Gasteiger partial charge in [0.25, 0.3) is 0 Å². The van der Waals surface area contributed by atoms with Gasteiger partial charge in [-0.2, -0.15) is 4.98 Å². The highest BCUT2D eigenvalue weighted by Gasteiger charge is 2.11. The topological polar surface area (TPSA) is 62.4 Å². The average Bonchev–Trinajstić information content (AvgIpc) is 2.64. The van der Waals surface area contributed by atoms with Gasteiger partial charge in [-0.25, -0.2) is 0 Å². The van der Waals surface area contributed by atoms with Crippen molar-refractivity contribution in [3.63, 3.8) is 0 Å². The largest absolute Gasteiger partial charge is 0.395 e. The highest BCUT2D eigenvalue weighted by Crippen LogP contribution is 2.06. The molecule has 1 aromatic rings. The van der Waals surface area contributed by atoms with Gasteiger partial charge in [-0.1, -0.05) is 25.9 Å². The van der Waals surface area contributed by atoms with Crippen molar-refractivity contribution in [2.45, 2.75) is 33.7 Å². The average molecular weight is 227 g/mol. The van der Waals surface area contributed by atoms with Crippen molar-refractivity contribution < 1.29 is 9.63 Å². The Bertz CT molecular complexity index is 299. The minimum atomic E-state index is 0.154. The summed E-state index contributed by atoms with van der Waals surface area (Å²) in [5.41, 5.74) is 0. The van der Waals surface area contributed by atoms with Crippen molar-refractivity contribution in [1.82, 2.24) is 15.0 Å². The van der Waals surface area contributed by atoms with E-state index < -0.39 is 0 Å². The Hall–Kier alpha value is -0.940. The van der Waals surface area contributed by atoms with Gasteiger partial charge in [-0.3, -0.25) is 4.90 Å². The predicted octanol–water partition coefficient (Wildman–Crippen LogP) is 1.08. The second-order valence-electron chi connectivity index (χ2n) is 4.29. The Kier molecular flexibility index (Phi) is 5.42. The van der Waals surface area contributed by atoms with Gasteiger partial charge < -0.3 is 9.63 Å². The molecule has 0 bridgehead atoms. The maximum absolute atomic E-state index is 8.86. The zero-order chi connectivity index (χ0) is 12.0. The van der Waals surface area contributed by atoms with Crippen LogP contribution in [0, 0.1) is 5.92 Å². The van der Waals surface area contributed by atoms with E-state index in [1.54, 1.807) is 0 Å². The third kappa shape index (κ3) is 4.28. The van der Waals surface area contributed by atoms with Crippen LogP contribution in [0.5, 0.6) is 0 Å². The standard InChI is InChI=1S/C11H21N3O2/c1-4-14(5-6-15)8-11-12-10(13-16-11)7-9(2)3/h9,15H,4-8H2,1-3H3. The fourth-order valence-corrected chi connectivity index (χ4v) is 1.48. The zero-order valence-corrected chi connectivity index (χ0v) is 10.3. The van der Waals surface area contributed by atoms with Gasteiger partial charge in [-0.15, -0.1) is 0 Å². The SMILES string of the molecule is CCN(CCO)Cc1nc(CC(C)C)no1. The molecule has 0 spiro atoms. The molecule has 1 rings (SSSR count). The minimum absolute atomic E-state index is 0.154. The van der Waals surface area contributed by atoms with Crippen molar-refractivity contribution in [1.29, 1.82) is 0 Å². The van der Waals surface area contributed by atoms with Crippen molar-refractivity contribution in [2.75, 3.05) is 19.7 Å². The first kappa shape index (κ1) is 13.1. The molecular formula is C11H21N3O2. The summed E-state index contributed by atoms with van der Waals surface area (Å²) in [5.74, 6) is 1.93. The smallest absolute Gasteiger partial charge is 0.240 e. The van der Waals surface area contributed by atoms with Crippen molar-refractivity contribution in [3.05, 3.63) is 11.7 Å². The Morgan fingerprint density at radius 2 is 2.19 bits per heavy atom. The molecule has 1 N–H and O–H groups in total. The molecule has 5 nitrogen and oxygen atoms in total. The molecule has 0 aliphatic carbocycles. The molecule has 0 aliphatic rings. The lowest BCUT2D eigenvalue weighted by Crippen LogP contribution is -2.26. The first-order valence-electron chi connectivity index (χ1n) is 5.80. The zero-order valence-electron chi connectivity index (χ0n) is 10.3. The van der Waals surface area contributed by atoms with Gasteiger partial charge >= 0.3 is 0 Å². The maximum atomic E-state index is 8.86. The molecule has 0 fully saturated rings. The summed E-state index contributed by atoms with van der Waals surface area (Å²) in [5, 5.41) is 12.8. The van der Waals surface area contributed by atoms with Crippen LogP contribution < -0.4 is 0 Å². The van der Waals surface area contributed by atoms with Crippen LogP contribution in [0.2, 0.25) is 0 Å². The van der Waals surface area contributed by atoms with E-state index in [1.165, 1.54) is 0 Å². The van der Waals surface area contributed by atoms with Crippen LogP contribution in [0.15, 0.2) is 4.52 Å². The number of hydrogen-bond acceptors (Lipinski definition) is 5. The maximum Gasteiger partial charge on any atom is 0.240 e.